The molecule has 25 heavy (non-hydrogen) atoms. The van der Waals surface area contributed by atoms with Crippen LogP contribution in [0.4, 0.5) is 0 Å². The fourth-order valence-corrected chi connectivity index (χ4v) is 3.55. The van der Waals surface area contributed by atoms with Crippen LogP contribution in [-0.4, -0.2) is 42.6 Å². The minimum atomic E-state index is -0.473. The average Bonchev–Trinajstić information content (AvgIpc) is 2.62. The second-order valence-electron chi connectivity index (χ2n) is 7.20. The van der Waals surface area contributed by atoms with Gasteiger partial charge in [-0.25, -0.2) is 0 Å². The summed E-state index contributed by atoms with van der Waals surface area (Å²) in [6.07, 6.45) is 5.75. The number of piperidine rings is 1. The first-order valence-corrected chi connectivity index (χ1v) is 9.77. The zero-order valence-corrected chi connectivity index (χ0v) is 16.3. The van der Waals surface area contributed by atoms with Gasteiger partial charge in [0, 0.05) is 19.1 Å². The molecule has 0 radical (unpaired) electrons. The Kier molecular flexibility index (Phi) is 7.76. The molecule has 1 aromatic carbocycles. The largest absolute Gasteiger partial charge is 0.481 e. The monoisotopic (exact) mass is 346 g/mol. The highest BCUT2D eigenvalue weighted by Gasteiger charge is 2.20. The first-order chi connectivity index (χ1) is 12.0. The van der Waals surface area contributed by atoms with E-state index in [1.165, 1.54) is 37.8 Å². The molecule has 0 saturated carbocycles. The zero-order valence-electron chi connectivity index (χ0n) is 16.3. The highest BCUT2D eigenvalue weighted by molar-refractivity contribution is 5.80. The summed E-state index contributed by atoms with van der Waals surface area (Å²) in [6.45, 7) is 11.2. The van der Waals surface area contributed by atoms with E-state index >= 15 is 0 Å². The Bertz CT molecular complexity index is 559. The van der Waals surface area contributed by atoms with Crippen LogP contribution in [0.5, 0.6) is 5.75 Å². The maximum absolute atomic E-state index is 12.3. The van der Waals surface area contributed by atoms with Gasteiger partial charge in [-0.1, -0.05) is 25.5 Å². The first-order valence-electron chi connectivity index (χ1n) is 9.77. The van der Waals surface area contributed by atoms with Crippen LogP contribution in [0, 0.1) is 13.8 Å². The van der Waals surface area contributed by atoms with E-state index in [1.54, 1.807) is 0 Å². The Labute approximate surface area is 152 Å². The van der Waals surface area contributed by atoms with E-state index in [0.29, 0.717) is 6.54 Å². The number of nitrogens with zero attached hydrogens (tertiary/aromatic N) is 1. The van der Waals surface area contributed by atoms with Gasteiger partial charge in [-0.3, -0.25) is 4.79 Å². The predicted octanol–water partition coefficient (Wildman–Crippen LogP) is 3.84. The predicted molar refractivity (Wildman–Crippen MR) is 103 cm³/mol. The number of carbonyl (C=O) groups excluding carboxylic acids is 1. The van der Waals surface area contributed by atoms with Crippen molar-refractivity contribution in [3.8, 4) is 5.75 Å². The molecule has 1 aliphatic rings. The van der Waals surface area contributed by atoms with Crippen molar-refractivity contribution in [1.82, 2.24) is 10.2 Å². The summed E-state index contributed by atoms with van der Waals surface area (Å²) in [4.78, 5) is 14.9. The van der Waals surface area contributed by atoms with Crippen molar-refractivity contribution in [3.05, 3.63) is 29.3 Å². The molecule has 1 N–H and O–H groups in total. The number of rotatable bonds is 8. The number of ether oxygens (including phenoxy) is 1. The van der Waals surface area contributed by atoms with Crippen LogP contribution in [0.2, 0.25) is 0 Å². The summed E-state index contributed by atoms with van der Waals surface area (Å²) < 4.78 is 5.85. The Morgan fingerprint density at radius 1 is 1.36 bits per heavy atom. The molecule has 4 nitrogen and oxygen atoms in total. The minimum Gasteiger partial charge on any atom is -0.481 e. The third-order valence-electron chi connectivity index (χ3n) is 5.37. The lowest BCUT2D eigenvalue weighted by molar-refractivity contribution is -0.127. The SMILES string of the molecule is CC[C@H]1CCCCN1CCCNC(=O)[C@H](C)Oc1cccc(C)c1C. The van der Waals surface area contributed by atoms with E-state index in [0.717, 1.165) is 30.3 Å². The lowest BCUT2D eigenvalue weighted by atomic mass is 10.00. The molecule has 1 aromatic rings. The zero-order chi connectivity index (χ0) is 18.2. The van der Waals surface area contributed by atoms with Crippen LogP contribution in [0.1, 0.15) is 57.1 Å². The molecule has 2 atom stereocenters. The van der Waals surface area contributed by atoms with Crippen molar-refractivity contribution in [2.45, 2.75) is 71.9 Å². The van der Waals surface area contributed by atoms with Gasteiger partial charge in [-0.05, 0) is 70.2 Å². The summed E-state index contributed by atoms with van der Waals surface area (Å²) in [7, 11) is 0. The summed E-state index contributed by atoms with van der Waals surface area (Å²) >= 11 is 0. The van der Waals surface area contributed by atoms with E-state index in [2.05, 4.69) is 30.1 Å². The van der Waals surface area contributed by atoms with Crippen LogP contribution in [0.3, 0.4) is 0 Å². The van der Waals surface area contributed by atoms with Crippen molar-refractivity contribution in [1.29, 1.82) is 0 Å². The number of benzene rings is 1. The van der Waals surface area contributed by atoms with Crippen molar-refractivity contribution in [2.24, 2.45) is 0 Å². The van der Waals surface area contributed by atoms with E-state index in [-0.39, 0.29) is 5.91 Å². The van der Waals surface area contributed by atoms with Gasteiger partial charge in [0.2, 0.25) is 0 Å². The highest BCUT2D eigenvalue weighted by atomic mass is 16.5. The molecule has 0 bridgehead atoms. The van der Waals surface area contributed by atoms with Crippen molar-refractivity contribution >= 4 is 5.91 Å². The Hall–Kier alpha value is -1.55. The van der Waals surface area contributed by atoms with E-state index in [1.807, 2.05) is 26.0 Å². The third-order valence-corrected chi connectivity index (χ3v) is 5.37. The van der Waals surface area contributed by atoms with E-state index < -0.39 is 6.10 Å². The maximum Gasteiger partial charge on any atom is 0.260 e. The van der Waals surface area contributed by atoms with Gasteiger partial charge in [-0.15, -0.1) is 0 Å². The van der Waals surface area contributed by atoms with E-state index in [4.69, 9.17) is 4.74 Å². The molecule has 0 aromatic heterocycles. The normalized spacial score (nSPS) is 19.4. The van der Waals surface area contributed by atoms with Gasteiger partial charge < -0.3 is 15.0 Å². The lowest BCUT2D eigenvalue weighted by Gasteiger charge is -2.35. The van der Waals surface area contributed by atoms with Crippen molar-refractivity contribution in [3.63, 3.8) is 0 Å². The molecular formula is C21H34N2O2. The number of nitrogens with one attached hydrogen (secondary N) is 1. The molecule has 0 aliphatic carbocycles. The number of amides is 1. The minimum absolute atomic E-state index is 0.0356. The highest BCUT2D eigenvalue weighted by Crippen LogP contribution is 2.22. The summed E-state index contributed by atoms with van der Waals surface area (Å²) in [5.74, 6) is 0.758. The van der Waals surface area contributed by atoms with Gasteiger partial charge in [-0.2, -0.15) is 0 Å². The molecular weight excluding hydrogens is 312 g/mol. The van der Waals surface area contributed by atoms with Crippen LogP contribution in [0.15, 0.2) is 18.2 Å². The summed E-state index contributed by atoms with van der Waals surface area (Å²) in [5.41, 5.74) is 2.27. The smallest absolute Gasteiger partial charge is 0.260 e. The van der Waals surface area contributed by atoms with Gasteiger partial charge in [0.15, 0.2) is 6.10 Å². The number of hydrogen-bond donors (Lipinski definition) is 1. The molecule has 1 saturated heterocycles. The fourth-order valence-electron chi connectivity index (χ4n) is 3.55. The molecule has 0 spiro atoms. The molecule has 1 heterocycles. The van der Waals surface area contributed by atoms with Crippen LogP contribution < -0.4 is 10.1 Å². The molecule has 1 amide bonds. The van der Waals surface area contributed by atoms with E-state index in [9.17, 15) is 4.79 Å². The molecule has 2 rings (SSSR count). The topological polar surface area (TPSA) is 41.6 Å². The molecule has 140 valence electrons. The molecule has 4 heteroatoms. The fraction of sp³-hybridized carbons (Fsp3) is 0.667. The first kappa shape index (κ1) is 19.8. The Morgan fingerprint density at radius 2 is 2.16 bits per heavy atom. The van der Waals surface area contributed by atoms with Crippen molar-refractivity contribution < 1.29 is 9.53 Å². The van der Waals surface area contributed by atoms with Gasteiger partial charge in [0.1, 0.15) is 5.75 Å². The second kappa shape index (κ2) is 9.81. The second-order valence-corrected chi connectivity index (χ2v) is 7.20. The molecule has 1 aliphatic heterocycles. The Balaban J connectivity index is 1.71. The van der Waals surface area contributed by atoms with Gasteiger partial charge >= 0.3 is 0 Å². The summed E-state index contributed by atoms with van der Waals surface area (Å²) in [6, 6.07) is 6.67. The van der Waals surface area contributed by atoms with Crippen LogP contribution in [-0.2, 0) is 4.79 Å². The average molecular weight is 347 g/mol. The Morgan fingerprint density at radius 3 is 2.92 bits per heavy atom. The van der Waals surface area contributed by atoms with Crippen LogP contribution in [0.25, 0.3) is 0 Å². The van der Waals surface area contributed by atoms with Crippen LogP contribution >= 0.6 is 0 Å². The number of carbonyl (C=O) groups is 1. The van der Waals surface area contributed by atoms with Gasteiger partial charge in [0.25, 0.3) is 5.91 Å². The quantitative estimate of drug-likeness (QED) is 0.727. The third kappa shape index (κ3) is 5.74. The molecule has 0 unspecified atom stereocenters. The number of hydrogen-bond acceptors (Lipinski definition) is 3. The number of likely N-dealkylation sites (tertiary alicyclic amines) is 1. The van der Waals surface area contributed by atoms with Gasteiger partial charge in [0.05, 0.1) is 0 Å². The summed E-state index contributed by atoms with van der Waals surface area (Å²) in [5, 5.41) is 3.02. The number of aryl methyl sites for hydroxylation is 1. The van der Waals surface area contributed by atoms with Crippen molar-refractivity contribution in [2.75, 3.05) is 19.6 Å². The lowest BCUT2D eigenvalue weighted by Crippen LogP contribution is -2.41. The molecule has 1 fully saturated rings. The maximum atomic E-state index is 12.3. The standard InChI is InChI=1S/C21H34N2O2/c1-5-19-11-6-7-14-23(19)15-9-13-22-21(24)18(4)25-20-12-8-10-16(2)17(20)3/h8,10,12,18-19H,5-7,9,11,13-15H2,1-4H3,(H,22,24)/t18-,19-/m0/s1.